The van der Waals surface area contributed by atoms with Gasteiger partial charge in [-0.25, -0.2) is 19.9 Å². The summed E-state index contributed by atoms with van der Waals surface area (Å²) in [5.41, 5.74) is 7.63. The summed E-state index contributed by atoms with van der Waals surface area (Å²) >= 11 is 1.79. The average Bonchev–Trinajstić information content (AvgIpc) is 3.91. The Kier molecular flexibility index (Phi) is 7.33. The van der Waals surface area contributed by atoms with Crippen LogP contribution in [0.3, 0.4) is 0 Å². The molecule has 0 amide bonds. The van der Waals surface area contributed by atoms with Crippen LogP contribution in [0.5, 0.6) is 0 Å². The number of fused-ring (bicyclic) bond motifs is 8. The highest BCUT2D eigenvalue weighted by Crippen LogP contribution is 2.42. The molecule has 0 radical (unpaired) electrons. The third-order valence-corrected chi connectivity index (χ3v) is 12.3. The lowest BCUT2D eigenvalue weighted by atomic mass is 9.93. The van der Waals surface area contributed by atoms with E-state index in [0.717, 1.165) is 71.4 Å². The van der Waals surface area contributed by atoms with E-state index in [-0.39, 0.29) is 0 Å². The molecule has 0 unspecified atom stereocenters. The number of rotatable bonds is 5. The fourth-order valence-corrected chi connectivity index (χ4v) is 9.52. The molecule has 58 heavy (non-hydrogen) atoms. The standard InChI is InChI=1S/C52H30N4OS/c1-2-12-33(13-3-1)52-53-43-28-26-32-15-8-19-40(46(32)48(43)57-52)39-18-9-16-35-30-37(25-27-38(35)39)50-54-49(36-24-23-31-11-4-5-14-34(31)29-36)55-51(56-50)42-20-10-22-45-47(42)41-17-6-7-21-44(41)58-45/h1-30H. The predicted octanol–water partition coefficient (Wildman–Crippen LogP) is 14.2. The minimum absolute atomic E-state index is 0.615. The van der Waals surface area contributed by atoms with Crippen molar-refractivity contribution in [3.8, 4) is 56.7 Å². The van der Waals surface area contributed by atoms with Crippen molar-refractivity contribution >= 4 is 74.9 Å². The maximum Gasteiger partial charge on any atom is 0.227 e. The van der Waals surface area contributed by atoms with E-state index in [0.29, 0.717) is 23.4 Å². The van der Waals surface area contributed by atoms with Crippen molar-refractivity contribution in [1.82, 2.24) is 19.9 Å². The quantitative estimate of drug-likeness (QED) is 0.175. The molecule has 0 saturated carbocycles. The summed E-state index contributed by atoms with van der Waals surface area (Å²) in [5, 5.41) is 9.04. The van der Waals surface area contributed by atoms with E-state index in [1.54, 1.807) is 11.3 Å². The van der Waals surface area contributed by atoms with Crippen molar-refractivity contribution in [2.45, 2.75) is 0 Å². The highest BCUT2D eigenvalue weighted by molar-refractivity contribution is 7.25. The molecule has 5 nitrogen and oxygen atoms in total. The van der Waals surface area contributed by atoms with Crippen molar-refractivity contribution in [3.05, 3.63) is 182 Å². The molecule has 3 heterocycles. The summed E-state index contributed by atoms with van der Waals surface area (Å²) in [6, 6.07) is 63.5. The minimum Gasteiger partial charge on any atom is -0.435 e. The summed E-state index contributed by atoms with van der Waals surface area (Å²) in [4.78, 5) is 20.5. The van der Waals surface area contributed by atoms with Crippen LogP contribution in [-0.2, 0) is 0 Å². The number of aromatic nitrogens is 4. The lowest BCUT2D eigenvalue weighted by molar-refractivity contribution is 0.623. The molecule has 0 N–H and O–H groups in total. The molecule has 0 spiro atoms. The molecule has 0 fully saturated rings. The maximum absolute atomic E-state index is 6.55. The Balaban J connectivity index is 1.04. The fraction of sp³-hybridized carbons (Fsp3) is 0. The van der Waals surface area contributed by atoms with Crippen LogP contribution in [0.25, 0.3) is 120 Å². The van der Waals surface area contributed by atoms with Crippen LogP contribution in [0.1, 0.15) is 0 Å². The first kappa shape index (κ1) is 32.7. The number of oxazole rings is 1. The first-order chi connectivity index (χ1) is 28.7. The Morgan fingerprint density at radius 3 is 1.88 bits per heavy atom. The van der Waals surface area contributed by atoms with Gasteiger partial charge in [0.05, 0.1) is 0 Å². The summed E-state index contributed by atoms with van der Waals surface area (Å²) < 4.78 is 9.00. The van der Waals surface area contributed by atoms with Crippen molar-refractivity contribution in [2.24, 2.45) is 0 Å². The van der Waals surface area contributed by atoms with Crippen molar-refractivity contribution in [1.29, 1.82) is 0 Å². The van der Waals surface area contributed by atoms with Crippen LogP contribution < -0.4 is 0 Å². The van der Waals surface area contributed by atoms with E-state index in [1.165, 1.54) is 25.6 Å². The fourth-order valence-electron chi connectivity index (χ4n) is 8.39. The van der Waals surface area contributed by atoms with Gasteiger partial charge in [0, 0.05) is 47.8 Å². The van der Waals surface area contributed by atoms with Gasteiger partial charge < -0.3 is 4.42 Å². The van der Waals surface area contributed by atoms with Crippen LogP contribution in [0.4, 0.5) is 0 Å². The molecule has 9 aromatic carbocycles. The summed E-state index contributed by atoms with van der Waals surface area (Å²) in [7, 11) is 0. The van der Waals surface area contributed by atoms with Crippen molar-refractivity contribution in [3.63, 3.8) is 0 Å². The first-order valence-corrected chi connectivity index (χ1v) is 20.1. The second-order valence-electron chi connectivity index (χ2n) is 14.6. The van der Waals surface area contributed by atoms with E-state index < -0.39 is 0 Å². The smallest absolute Gasteiger partial charge is 0.227 e. The maximum atomic E-state index is 6.55. The topological polar surface area (TPSA) is 64.7 Å². The highest BCUT2D eigenvalue weighted by atomic mass is 32.1. The molecule has 3 aromatic heterocycles. The van der Waals surface area contributed by atoms with Crippen LogP contribution in [-0.4, -0.2) is 19.9 Å². The molecule has 270 valence electrons. The molecule has 0 aliphatic carbocycles. The molecule has 6 heteroatoms. The number of nitrogens with zero attached hydrogens (tertiary/aromatic N) is 4. The second kappa shape index (κ2) is 13.0. The van der Waals surface area contributed by atoms with Crippen LogP contribution in [0.15, 0.2) is 186 Å². The SMILES string of the molecule is c1ccc(-c2nc3ccc4cccc(-c5cccc6cc(-c7nc(-c8ccc9ccccc9c8)nc(-c8cccc9sc%10ccccc%10c89)n7)ccc56)c4c3o2)cc1. The molecule has 12 rings (SSSR count). The van der Waals surface area contributed by atoms with Gasteiger partial charge in [-0.1, -0.05) is 140 Å². The predicted molar refractivity (Wildman–Crippen MR) is 240 cm³/mol. The molecule has 0 saturated heterocycles. The molecule has 0 aliphatic heterocycles. The minimum atomic E-state index is 0.615. The van der Waals surface area contributed by atoms with Crippen LogP contribution >= 0.6 is 11.3 Å². The van der Waals surface area contributed by atoms with Gasteiger partial charge >= 0.3 is 0 Å². The Labute approximate surface area is 336 Å². The summed E-state index contributed by atoms with van der Waals surface area (Å²) in [5.74, 6) is 2.53. The van der Waals surface area contributed by atoms with Crippen LogP contribution in [0, 0.1) is 0 Å². The van der Waals surface area contributed by atoms with Gasteiger partial charge in [-0.3, -0.25) is 0 Å². The van der Waals surface area contributed by atoms with Gasteiger partial charge in [-0.05, 0) is 80.5 Å². The number of hydrogen-bond donors (Lipinski definition) is 0. The van der Waals surface area contributed by atoms with E-state index in [9.17, 15) is 0 Å². The molecule has 0 aliphatic rings. The molecule has 0 atom stereocenters. The van der Waals surface area contributed by atoms with Gasteiger partial charge in [0.25, 0.3) is 0 Å². The Hall–Kier alpha value is -7.54. The number of hydrogen-bond acceptors (Lipinski definition) is 6. The average molecular weight is 759 g/mol. The van der Waals surface area contributed by atoms with E-state index in [2.05, 4.69) is 146 Å². The highest BCUT2D eigenvalue weighted by Gasteiger charge is 2.19. The summed E-state index contributed by atoms with van der Waals surface area (Å²) in [6.45, 7) is 0. The second-order valence-corrected chi connectivity index (χ2v) is 15.7. The lowest BCUT2D eigenvalue weighted by Crippen LogP contribution is -2.00. The Morgan fingerprint density at radius 1 is 0.362 bits per heavy atom. The third kappa shape index (κ3) is 5.30. The third-order valence-electron chi connectivity index (χ3n) is 11.1. The lowest BCUT2D eigenvalue weighted by Gasteiger charge is -2.13. The van der Waals surface area contributed by atoms with Gasteiger partial charge in [0.1, 0.15) is 5.52 Å². The zero-order valence-corrected chi connectivity index (χ0v) is 31.7. The Bertz CT molecular complexity index is 3590. The molecular formula is C52H30N4OS. The molecule has 12 aromatic rings. The Morgan fingerprint density at radius 2 is 1.00 bits per heavy atom. The van der Waals surface area contributed by atoms with Gasteiger partial charge in [-0.15, -0.1) is 11.3 Å². The molecule has 0 bridgehead atoms. The summed E-state index contributed by atoms with van der Waals surface area (Å²) in [6.07, 6.45) is 0. The van der Waals surface area contributed by atoms with Crippen molar-refractivity contribution in [2.75, 3.05) is 0 Å². The van der Waals surface area contributed by atoms with Crippen molar-refractivity contribution < 1.29 is 4.42 Å². The monoisotopic (exact) mass is 758 g/mol. The normalized spacial score (nSPS) is 11.8. The van der Waals surface area contributed by atoms with E-state index in [4.69, 9.17) is 24.4 Å². The van der Waals surface area contributed by atoms with E-state index >= 15 is 0 Å². The van der Waals surface area contributed by atoms with E-state index in [1.807, 2.05) is 36.4 Å². The van der Waals surface area contributed by atoms with Crippen LogP contribution in [0.2, 0.25) is 0 Å². The zero-order chi connectivity index (χ0) is 38.2. The first-order valence-electron chi connectivity index (χ1n) is 19.3. The zero-order valence-electron chi connectivity index (χ0n) is 30.9. The molecular weight excluding hydrogens is 729 g/mol. The van der Waals surface area contributed by atoms with Gasteiger partial charge in [0.2, 0.25) is 5.89 Å². The number of thiophene rings is 1. The van der Waals surface area contributed by atoms with Gasteiger partial charge in [-0.2, -0.15) is 0 Å². The van der Waals surface area contributed by atoms with Gasteiger partial charge in [0.15, 0.2) is 23.1 Å². The largest absolute Gasteiger partial charge is 0.435 e. The number of benzene rings is 9.